The van der Waals surface area contributed by atoms with E-state index in [0.29, 0.717) is 0 Å². The summed E-state index contributed by atoms with van der Waals surface area (Å²) in [4.78, 5) is 0. The van der Waals surface area contributed by atoms with Crippen LogP contribution >= 0.6 is 11.6 Å². The van der Waals surface area contributed by atoms with Gasteiger partial charge in [-0.3, -0.25) is 4.68 Å². The standard InChI is InChI=1S/C16H24ClN3O/c1-5-8-18-13(16-11(3)7-9-21-16)10-14-15(17)12(6-2)19-20(14)4/h7,9,13,18H,5-6,8,10H2,1-4H3. The molecule has 0 saturated carbocycles. The van der Waals surface area contributed by atoms with E-state index in [0.717, 1.165) is 53.5 Å². The van der Waals surface area contributed by atoms with Crippen LogP contribution in [0.2, 0.25) is 5.02 Å². The minimum absolute atomic E-state index is 0.123. The van der Waals surface area contributed by atoms with Crippen molar-refractivity contribution in [1.29, 1.82) is 0 Å². The summed E-state index contributed by atoms with van der Waals surface area (Å²) in [6.07, 6.45) is 4.44. The van der Waals surface area contributed by atoms with Gasteiger partial charge in [-0.25, -0.2) is 0 Å². The van der Waals surface area contributed by atoms with E-state index in [4.69, 9.17) is 16.0 Å². The SMILES string of the molecule is CCCNC(Cc1c(Cl)c(CC)nn1C)c1occc1C. The van der Waals surface area contributed by atoms with Gasteiger partial charge in [-0.15, -0.1) is 0 Å². The molecule has 2 rings (SSSR count). The summed E-state index contributed by atoms with van der Waals surface area (Å²) in [5.41, 5.74) is 3.18. The Morgan fingerprint density at radius 3 is 2.71 bits per heavy atom. The molecule has 21 heavy (non-hydrogen) atoms. The van der Waals surface area contributed by atoms with Crippen LogP contribution in [0.3, 0.4) is 0 Å². The largest absolute Gasteiger partial charge is 0.467 e. The number of hydrogen-bond acceptors (Lipinski definition) is 3. The summed E-state index contributed by atoms with van der Waals surface area (Å²) >= 11 is 6.47. The second kappa shape index (κ2) is 7.14. The molecule has 1 unspecified atom stereocenters. The van der Waals surface area contributed by atoms with Crippen LogP contribution < -0.4 is 5.32 Å². The lowest BCUT2D eigenvalue weighted by Crippen LogP contribution is -2.25. The topological polar surface area (TPSA) is 43.0 Å². The minimum atomic E-state index is 0.123. The predicted molar refractivity (Wildman–Crippen MR) is 85.8 cm³/mol. The first kappa shape index (κ1) is 16.1. The molecule has 4 nitrogen and oxygen atoms in total. The number of nitrogens with one attached hydrogen (secondary N) is 1. The fourth-order valence-electron chi connectivity index (χ4n) is 2.55. The maximum absolute atomic E-state index is 6.47. The summed E-state index contributed by atoms with van der Waals surface area (Å²) in [6, 6.07) is 2.12. The van der Waals surface area contributed by atoms with E-state index in [-0.39, 0.29) is 6.04 Å². The molecule has 0 aliphatic carbocycles. The van der Waals surface area contributed by atoms with Gasteiger partial charge in [-0.05, 0) is 37.9 Å². The van der Waals surface area contributed by atoms with Crippen molar-refractivity contribution in [1.82, 2.24) is 15.1 Å². The fraction of sp³-hybridized carbons (Fsp3) is 0.562. The minimum Gasteiger partial charge on any atom is -0.467 e. The zero-order valence-electron chi connectivity index (χ0n) is 13.2. The molecule has 0 aromatic carbocycles. The molecule has 2 heterocycles. The first-order chi connectivity index (χ1) is 10.1. The van der Waals surface area contributed by atoms with Crippen molar-refractivity contribution in [3.05, 3.63) is 40.1 Å². The Hall–Kier alpha value is -1.26. The molecule has 1 N–H and O–H groups in total. The highest BCUT2D eigenvalue weighted by Gasteiger charge is 2.22. The smallest absolute Gasteiger partial charge is 0.123 e. The molecular weight excluding hydrogens is 286 g/mol. The van der Waals surface area contributed by atoms with Crippen LogP contribution in [0.1, 0.15) is 49.0 Å². The van der Waals surface area contributed by atoms with Crippen LogP contribution in [0.4, 0.5) is 0 Å². The number of hydrogen-bond donors (Lipinski definition) is 1. The normalized spacial score (nSPS) is 12.8. The predicted octanol–water partition coefficient (Wildman–Crippen LogP) is 3.82. The third-order valence-corrected chi connectivity index (χ3v) is 4.20. The Balaban J connectivity index is 2.27. The lowest BCUT2D eigenvalue weighted by molar-refractivity contribution is 0.402. The van der Waals surface area contributed by atoms with Crippen LogP contribution in [-0.2, 0) is 19.9 Å². The Bertz CT molecular complexity index is 588. The van der Waals surface area contributed by atoms with Crippen molar-refractivity contribution in [3.8, 4) is 0 Å². The molecule has 0 fully saturated rings. The van der Waals surface area contributed by atoms with E-state index >= 15 is 0 Å². The van der Waals surface area contributed by atoms with Crippen LogP contribution in [0.5, 0.6) is 0 Å². The van der Waals surface area contributed by atoms with Crippen molar-refractivity contribution in [3.63, 3.8) is 0 Å². The van der Waals surface area contributed by atoms with Gasteiger partial charge in [0.05, 0.1) is 28.7 Å². The second-order valence-corrected chi connectivity index (χ2v) is 5.74. The summed E-state index contributed by atoms with van der Waals surface area (Å²) < 4.78 is 7.56. The van der Waals surface area contributed by atoms with Crippen molar-refractivity contribution in [2.45, 2.75) is 46.1 Å². The third-order valence-electron chi connectivity index (χ3n) is 3.76. The van der Waals surface area contributed by atoms with Crippen molar-refractivity contribution >= 4 is 11.6 Å². The first-order valence-electron chi connectivity index (χ1n) is 7.56. The summed E-state index contributed by atoms with van der Waals surface area (Å²) in [5, 5.41) is 8.83. The zero-order valence-corrected chi connectivity index (χ0v) is 14.0. The van der Waals surface area contributed by atoms with E-state index in [1.807, 2.05) is 17.8 Å². The van der Waals surface area contributed by atoms with E-state index < -0.39 is 0 Å². The van der Waals surface area contributed by atoms with Gasteiger partial charge in [0.2, 0.25) is 0 Å². The molecule has 0 saturated heterocycles. The van der Waals surface area contributed by atoms with Crippen molar-refractivity contribution in [2.24, 2.45) is 7.05 Å². The number of aryl methyl sites for hydroxylation is 3. The highest BCUT2D eigenvalue weighted by atomic mass is 35.5. The van der Waals surface area contributed by atoms with E-state index in [2.05, 4.69) is 31.2 Å². The molecule has 0 radical (unpaired) electrons. The highest BCUT2D eigenvalue weighted by Crippen LogP contribution is 2.28. The van der Waals surface area contributed by atoms with Gasteiger partial charge in [0, 0.05) is 13.5 Å². The fourth-order valence-corrected chi connectivity index (χ4v) is 2.92. The zero-order chi connectivity index (χ0) is 15.4. The van der Waals surface area contributed by atoms with Gasteiger partial charge in [-0.2, -0.15) is 5.10 Å². The molecule has 2 aromatic heterocycles. The van der Waals surface area contributed by atoms with E-state index in [1.54, 1.807) is 6.26 Å². The van der Waals surface area contributed by atoms with Gasteiger partial charge in [0.25, 0.3) is 0 Å². The number of aromatic nitrogens is 2. The van der Waals surface area contributed by atoms with E-state index in [9.17, 15) is 0 Å². The lowest BCUT2D eigenvalue weighted by Gasteiger charge is -2.17. The number of rotatable bonds is 7. The molecule has 116 valence electrons. The van der Waals surface area contributed by atoms with Gasteiger partial charge < -0.3 is 9.73 Å². The Kier molecular flexibility index (Phi) is 5.48. The number of furan rings is 1. The van der Waals surface area contributed by atoms with Gasteiger partial charge in [-0.1, -0.05) is 25.4 Å². The van der Waals surface area contributed by atoms with Crippen molar-refractivity contribution < 1.29 is 4.42 Å². The quantitative estimate of drug-likeness (QED) is 0.845. The Labute approximate surface area is 131 Å². The van der Waals surface area contributed by atoms with Crippen LogP contribution in [0.25, 0.3) is 0 Å². The molecular formula is C16H24ClN3O. The Morgan fingerprint density at radius 2 is 2.19 bits per heavy atom. The van der Waals surface area contributed by atoms with Crippen LogP contribution in [0, 0.1) is 6.92 Å². The average molecular weight is 310 g/mol. The Morgan fingerprint density at radius 1 is 1.43 bits per heavy atom. The average Bonchev–Trinajstić information content (AvgIpc) is 3.00. The summed E-state index contributed by atoms with van der Waals surface area (Å²) in [7, 11) is 1.95. The van der Waals surface area contributed by atoms with Gasteiger partial charge >= 0.3 is 0 Å². The molecule has 0 amide bonds. The van der Waals surface area contributed by atoms with E-state index in [1.165, 1.54) is 0 Å². The van der Waals surface area contributed by atoms with Crippen LogP contribution in [0.15, 0.2) is 16.7 Å². The molecule has 0 spiro atoms. The lowest BCUT2D eigenvalue weighted by atomic mass is 10.0. The molecule has 0 aliphatic rings. The molecule has 5 heteroatoms. The summed E-state index contributed by atoms with van der Waals surface area (Å²) in [6.45, 7) is 7.25. The molecule has 0 bridgehead atoms. The maximum Gasteiger partial charge on any atom is 0.123 e. The molecule has 1 atom stereocenters. The van der Waals surface area contributed by atoms with Crippen LogP contribution in [-0.4, -0.2) is 16.3 Å². The molecule has 0 aliphatic heterocycles. The number of nitrogens with zero attached hydrogens (tertiary/aromatic N) is 2. The highest BCUT2D eigenvalue weighted by molar-refractivity contribution is 6.31. The van der Waals surface area contributed by atoms with Crippen molar-refractivity contribution in [2.75, 3.05) is 6.54 Å². The second-order valence-electron chi connectivity index (χ2n) is 5.36. The van der Waals surface area contributed by atoms with Gasteiger partial charge in [0.1, 0.15) is 5.76 Å². The maximum atomic E-state index is 6.47. The molecule has 2 aromatic rings. The third kappa shape index (κ3) is 3.50. The number of halogens is 1. The summed E-state index contributed by atoms with van der Waals surface area (Å²) in [5.74, 6) is 0.985. The van der Waals surface area contributed by atoms with Gasteiger partial charge in [0.15, 0.2) is 0 Å². The first-order valence-corrected chi connectivity index (χ1v) is 7.93. The monoisotopic (exact) mass is 309 g/mol.